The zero-order chi connectivity index (χ0) is 25.6. The molecule has 0 bridgehead atoms. The SMILES string of the molecule is COc1ccc(C(=O)NCc2nc3ccccc3n2CCCOc2ccc3ccccc3c2)cc1OC. The van der Waals surface area contributed by atoms with Crippen LogP contribution in [0, 0.1) is 0 Å². The van der Waals surface area contributed by atoms with Crippen LogP contribution in [0.1, 0.15) is 22.6 Å². The van der Waals surface area contributed by atoms with Crippen molar-refractivity contribution in [2.24, 2.45) is 0 Å². The third-order valence-electron chi connectivity index (χ3n) is 6.30. The molecule has 0 fully saturated rings. The van der Waals surface area contributed by atoms with E-state index in [2.05, 4.69) is 34.1 Å². The van der Waals surface area contributed by atoms with Gasteiger partial charge in [-0.15, -0.1) is 0 Å². The molecule has 188 valence electrons. The Bertz CT molecular complexity index is 1540. The maximum absolute atomic E-state index is 12.9. The lowest BCUT2D eigenvalue weighted by Crippen LogP contribution is -2.25. The molecule has 1 heterocycles. The van der Waals surface area contributed by atoms with Crippen LogP contribution in [-0.4, -0.2) is 36.3 Å². The van der Waals surface area contributed by atoms with Gasteiger partial charge in [-0.3, -0.25) is 4.79 Å². The van der Waals surface area contributed by atoms with Gasteiger partial charge in [-0.1, -0.05) is 42.5 Å². The number of methoxy groups -OCH3 is 2. The molecule has 0 atom stereocenters. The molecule has 5 rings (SSSR count). The van der Waals surface area contributed by atoms with Crippen molar-refractivity contribution in [2.45, 2.75) is 19.5 Å². The van der Waals surface area contributed by atoms with Crippen LogP contribution < -0.4 is 19.5 Å². The Hall–Kier alpha value is -4.52. The second-order valence-corrected chi connectivity index (χ2v) is 8.63. The molecular formula is C30H29N3O4. The van der Waals surface area contributed by atoms with E-state index in [0.29, 0.717) is 30.2 Å². The highest BCUT2D eigenvalue weighted by Gasteiger charge is 2.14. The Morgan fingerprint density at radius 2 is 1.65 bits per heavy atom. The zero-order valence-corrected chi connectivity index (χ0v) is 20.9. The number of hydrogen-bond donors (Lipinski definition) is 1. The lowest BCUT2D eigenvalue weighted by atomic mass is 10.1. The van der Waals surface area contributed by atoms with E-state index in [9.17, 15) is 4.79 Å². The molecule has 1 amide bonds. The van der Waals surface area contributed by atoms with Crippen molar-refractivity contribution in [3.63, 3.8) is 0 Å². The Labute approximate surface area is 215 Å². The van der Waals surface area contributed by atoms with E-state index in [1.165, 1.54) is 5.39 Å². The average Bonchev–Trinajstić information content (AvgIpc) is 3.30. The highest BCUT2D eigenvalue weighted by molar-refractivity contribution is 5.94. The number of ether oxygens (including phenoxy) is 3. The van der Waals surface area contributed by atoms with Crippen molar-refractivity contribution in [2.75, 3.05) is 20.8 Å². The van der Waals surface area contributed by atoms with Crippen molar-refractivity contribution < 1.29 is 19.0 Å². The number of imidazole rings is 1. The van der Waals surface area contributed by atoms with E-state index in [1.807, 2.05) is 42.5 Å². The number of nitrogens with zero attached hydrogens (tertiary/aromatic N) is 2. The summed E-state index contributed by atoms with van der Waals surface area (Å²) in [5.74, 6) is 2.53. The number of hydrogen-bond acceptors (Lipinski definition) is 5. The number of aryl methyl sites for hydroxylation is 1. The molecule has 0 saturated carbocycles. The molecule has 0 aliphatic carbocycles. The highest BCUT2D eigenvalue weighted by Crippen LogP contribution is 2.27. The van der Waals surface area contributed by atoms with Gasteiger partial charge in [-0.2, -0.15) is 0 Å². The quantitative estimate of drug-likeness (QED) is 0.255. The predicted molar refractivity (Wildman–Crippen MR) is 145 cm³/mol. The van der Waals surface area contributed by atoms with Gasteiger partial charge >= 0.3 is 0 Å². The smallest absolute Gasteiger partial charge is 0.251 e. The summed E-state index contributed by atoms with van der Waals surface area (Å²) >= 11 is 0. The molecule has 0 aliphatic rings. The summed E-state index contributed by atoms with van der Waals surface area (Å²) in [5, 5.41) is 5.34. The standard InChI is InChI=1S/C30H29N3O4/c1-35-27-15-13-23(19-28(27)36-2)30(34)31-20-29-32-25-10-5-6-11-26(25)33(29)16-7-17-37-24-14-12-21-8-3-4-9-22(21)18-24/h3-6,8-15,18-19H,7,16-17,20H2,1-2H3,(H,31,34). The molecule has 0 spiro atoms. The summed E-state index contributed by atoms with van der Waals surface area (Å²) in [7, 11) is 3.11. The highest BCUT2D eigenvalue weighted by atomic mass is 16.5. The summed E-state index contributed by atoms with van der Waals surface area (Å²) < 4.78 is 18.8. The van der Waals surface area contributed by atoms with Crippen LogP contribution in [0.3, 0.4) is 0 Å². The third kappa shape index (κ3) is 5.35. The number of aromatic nitrogens is 2. The van der Waals surface area contributed by atoms with E-state index in [-0.39, 0.29) is 5.91 Å². The normalized spacial score (nSPS) is 11.0. The number of amides is 1. The Balaban J connectivity index is 1.25. The van der Waals surface area contributed by atoms with Gasteiger partial charge in [0, 0.05) is 12.1 Å². The summed E-state index contributed by atoms with van der Waals surface area (Å²) in [5.41, 5.74) is 2.42. The van der Waals surface area contributed by atoms with Crippen LogP contribution in [0.15, 0.2) is 84.9 Å². The number of nitrogens with one attached hydrogen (secondary N) is 1. The number of carbonyl (C=O) groups is 1. The summed E-state index contributed by atoms with van der Waals surface area (Å²) in [4.78, 5) is 17.6. The molecule has 0 saturated heterocycles. The first-order valence-corrected chi connectivity index (χ1v) is 12.2. The number of fused-ring (bicyclic) bond motifs is 2. The van der Waals surface area contributed by atoms with Gasteiger partial charge in [0.05, 0.1) is 38.4 Å². The molecule has 37 heavy (non-hydrogen) atoms. The number of para-hydroxylation sites is 2. The minimum Gasteiger partial charge on any atom is -0.494 e. The number of rotatable bonds is 10. The summed E-state index contributed by atoms with van der Waals surface area (Å²) in [6, 6.07) is 27.5. The topological polar surface area (TPSA) is 74.6 Å². The molecule has 1 N–H and O–H groups in total. The Morgan fingerprint density at radius 1 is 0.865 bits per heavy atom. The van der Waals surface area contributed by atoms with Gasteiger partial charge < -0.3 is 24.1 Å². The first-order chi connectivity index (χ1) is 18.2. The fourth-order valence-electron chi connectivity index (χ4n) is 4.42. The van der Waals surface area contributed by atoms with Gasteiger partial charge in [0.15, 0.2) is 11.5 Å². The maximum atomic E-state index is 12.9. The average molecular weight is 496 g/mol. The van der Waals surface area contributed by atoms with Crippen LogP contribution >= 0.6 is 0 Å². The van der Waals surface area contributed by atoms with Crippen LogP contribution in [-0.2, 0) is 13.1 Å². The molecule has 7 nitrogen and oxygen atoms in total. The number of benzene rings is 4. The van der Waals surface area contributed by atoms with Crippen molar-refractivity contribution in [3.05, 3.63) is 96.3 Å². The fraction of sp³-hybridized carbons (Fsp3) is 0.200. The molecule has 4 aromatic carbocycles. The monoisotopic (exact) mass is 495 g/mol. The van der Waals surface area contributed by atoms with Gasteiger partial charge in [0.1, 0.15) is 11.6 Å². The summed E-state index contributed by atoms with van der Waals surface area (Å²) in [6.45, 7) is 1.59. The summed E-state index contributed by atoms with van der Waals surface area (Å²) in [6.07, 6.45) is 0.795. The van der Waals surface area contributed by atoms with E-state index >= 15 is 0 Å². The van der Waals surface area contributed by atoms with Crippen molar-refractivity contribution >= 4 is 27.7 Å². The molecule has 1 aromatic heterocycles. The van der Waals surface area contributed by atoms with Crippen molar-refractivity contribution in [3.8, 4) is 17.2 Å². The minimum absolute atomic E-state index is 0.209. The molecule has 0 unspecified atom stereocenters. The Morgan fingerprint density at radius 3 is 2.49 bits per heavy atom. The Kier molecular flexibility index (Phi) is 7.21. The van der Waals surface area contributed by atoms with Gasteiger partial charge in [-0.05, 0) is 59.7 Å². The molecule has 7 heteroatoms. The fourth-order valence-corrected chi connectivity index (χ4v) is 4.42. The second-order valence-electron chi connectivity index (χ2n) is 8.63. The van der Waals surface area contributed by atoms with Gasteiger partial charge in [0.25, 0.3) is 5.91 Å². The maximum Gasteiger partial charge on any atom is 0.251 e. The molecule has 0 radical (unpaired) electrons. The zero-order valence-electron chi connectivity index (χ0n) is 20.9. The van der Waals surface area contributed by atoms with Crippen LogP contribution in [0.2, 0.25) is 0 Å². The van der Waals surface area contributed by atoms with E-state index < -0.39 is 0 Å². The predicted octanol–water partition coefficient (Wildman–Crippen LogP) is 5.61. The third-order valence-corrected chi connectivity index (χ3v) is 6.30. The van der Waals surface area contributed by atoms with Gasteiger partial charge in [-0.25, -0.2) is 4.98 Å². The second kappa shape index (κ2) is 11.0. The largest absolute Gasteiger partial charge is 0.494 e. The molecular weight excluding hydrogens is 466 g/mol. The van der Waals surface area contributed by atoms with E-state index in [0.717, 1.165) is 41.0 Å². The van der Waals surface area contributed by atoms with Crippen molar-refractivity contribution in [1.82, 2.24) is 14.9 Å². The molecule has 5 aromatic rings. The molecule has 0 aliphatic heterocycles. The van der Waals surface area contributed by atoms with Crippen molar-refractivity contribution in [1.29, 1.82) is 0 Å². The minimum atomic E-state index is -0.209. The van der Waals surface area contributed by atoms with E-state index in [1.54, 1.807) is 32.4 Å². The lowest BCUT2D eigenvalue weighted by Gasteiger charge is -2.12. The number of carbonyl (C=O) groups excluding carboxylic acids is 1. The lowest BCUT2D eigenvalue weighted by molar-refractivity contribution is 0.0949. The first kappa shape index (κ1) is 24.2. The van der Waals surface area contributed by atoms with E-state index in [4.69, 9.17) is 19.2 Å². The van der Waals surface area contributed by atoms with Crippen LogP contribution in [0.25, 0.3) is 21.8 Å². The first-order valence-electron chi connectivity index (χ1n) is 12.2. The van der Waals surface area contributed by atoms with Crippen LogP contribution in [0.5, 0.6) is 17.2 Å². The van der Waals surface area contributed by atoms with Gasteiger partial charge in [0.2, 0.25) is 0 Å². The van der Waals surface area contributed by atoms with Crippen LogP contribution in [0.4, 0.5) is 0 Å².